The summed E-state index contributed by atoms with van der Waals surface area (Å²) in [6.07, 6.45) is 2.44. The first-order chi connectivity index (χ1) is 12.5. The zero-order valence-corrected chi connectivity index (χ0v) is 15.0. The van der Waals surface area contributed by atoms with Crippen LogP contribution in [0.4, 0.5) is 5.69 Å². The lowest BCUT2D eigenvalue weighted by atomic mass is 10.2. The van der Waals surface area contributed by atoms with E-state index in [1.165, 1.54) is 18.2 Å². The predicted octanol–water partition coefficient (Wildman–Crippen LogP) is 3.70. The van der Waals surface area contributed by atoms with Crippen LogP contribution in [-0.4, -0.2) is 20.0 Å². The second-order valence-corrected chi connectivity index (χ2v) is 7.28. The van der Waals surface area contributed by atoms with Crippen molar-refractivity contribution in [3.63, 3.8) is 0 Å². The van der Waals surface area contributed by atoms with E-state index in [0.717, 1.165) is 6.42 Å². The Balaban J connectivity index is 1.96. The number of pyridine rings is 1. The Labute approximate surface area is 152 Å². The third-order valence-corrected chi connectivity index (χ3v) is 5.10. The maximum atomic E-state index is 12.8. The molecule has 0 radical (unpaired) electrons. The first-order valence-corrected chi connectivity index (χ1v) is 9.57. The summed E-state index contributed by atoms with van der Waals surface area (Å²) in [5, 5.41) is 9.98. The van der Waals surface area contributed by atoms with E-state index in [9.17, 15) is 13.7 Å². The Hall–Kier alpha value is -3.11. The van der Waals surface area contributed by atoms with E-state index in [1.54, 1.807) is 36.5 Å². The van der Waals surface area contributed by atoms with Gasteiger partial charge in [0.05, 0.1) is 28.3 Å². The van der Waals surface area contributed by atoms with Crippen LogP contribution in [0.3, 0.4) is 0 Å². The smallest absolute Gasteiger partial charge is 0.261 e. The zero-order valence-electron chi connectivity index (χ0n) is 14.1. The topological polar surface area (TPSA) is 92.1 Å². The third kappa shape index (κ3) is 3.60. The fraction of sp³-hybridized carbons (Fsp3) is 0.158. The van der Waals surface area contributed by atoms with E-state index in [4.69, 9.17) is 4.74 Å². The molecule has 0 aliphatic carbocycles. The van der Waals surface area contributed by atoms with Crippen LogP contribution in [0.15, 0.2) is 59.6 Å². The number of rotatable bonds is 6. The minimum absolute atomic E-state index is 0.00112. The summed E-state index contributed by atoms with van der Waals surface area (Å²) in [4.78, 5) is 4.22. The Kier molecular flexibility index (Phi) is 5.05. The molecule has 0 fully saturated rings. The highest BCUT2D eigenvalue weighted by Crippen LogP contribution is 2.27. The minimum Gasteiger partial charge on any atom is -0.492 e. The molecular weight excluding hydrogens is 350 g/mol. The number of hydrogen-bond donors (Lipinski definition) is 1. The van der Waals surface area contributed by atoms with Crippen LogP contribution in [0.25, 0.3) is 10.9 Å². The quantitative estimate of drug-likeness (QED) is 0.717. The average Bonchev–Trinajstić information content (AvgIpc) is 2.66. The largest absolute Gasteiger partial charge is 0.492 e. The molecule has 0 unspecified atom stereocenters. The van der Waals surface area contributed by atoms with E-state index in [-0.39, 0.29) is 10.5 Å². The van der Waals surface area contributed by atoms with Crippen LogP contribution >= 0.6 is 0 Å². The molecule has 0 amide bonds. The molecule has 0 bridgehead atoms. The number of nitriles is 1. The van der Waals surface area contributed by atoms with Crippen LogP contribution in [0.5, 0.6) is 5.75 Å². The van der Waals surface area contributed by atoms with Crippen LogP contribution in [0.2, 0.25) is 0 Å². The monoisotopic (exact) mass is 367 g/mol. The number of benzene rings is 2. The van der Waals surface area contributed by atoms with Crippen molar-refractivity contribution in [1.82, 2.24) is 4.98 Å². The van der Waals surface area contributed by atoms with Crippen LogP contribution in [-0.2, 0) is 10.0 Å². The average molecular weight is 367 g/mol. The van der Waals surface area contributed by atoms with Crippen LogP contribution in [0.1, 0.15) is 18.9 Å². The number of nitrogens with one attached hydrogen (secondary N) is 1. The van der Waals surface area contributed by atoms with Gasteiger partial charge in [0.1, 0.15) is 11.8 Å². The fourth-order valence-corrected chi connectivity index (χ4v) is 3.60. The second kappa shape index (κ2) is 7.42. The molecule has 1 aromatic heterocycles. The molecular formula is C19H17N3O3S. The zero-order chi connectivity index (χ0) is 18.6. The van der Waals surface area contributed by atoms with Crippen molar-refractivity contribution >= 4 is 26.6 Å². The molecule has 3 aromatic rings. The number of aromatic nitrogens is 1. The minimum atomic E-state index is -3.86. The van der Waals surface area contributed by atoms with Crippen molar-refractivity contribution in [1.29, 1.82) is 5.26 Å². The van der Waals surface area contributed by atoms with Crippen molar-refractivity contribution in [2.75, 3.05) is 11.3 Å². The molecule has 7 heteroatoms. The Morgan fingerprint density at radius 3 is 2.81 bits per heavy atom. The van der Waals surface area contributed by atoms with Gasteiger partial charge in [0, 0.05) is 11.6 Å². The Morgan fingerprint density at radius 1 is 1.19 bits per heavy atom. The van der Waals surface area contributed by atoms with E-state index >= 15 is 0 Å². The highest BCUT2D eigenvalue weighted by molar-refractivity contribution is 7.92. The third-order valence-electron chi connectivity index (χ3n) is 3.73. The Bertz CT molecular complexity index is 1080. The van der Waals surface area contributed by atoms with Crippen LogP contribution < -0.4 is 9.46 Å². The maximum absolute atomic E-state index is 12.8. The lowest BCUT2D eigenvalue weighted by molar-refractivity contribution is 0.316. The molecule has 1 heterocycles. The lowest BCUT2D eigenvalue weighted by Crippen LogP contribution is -2.13. The fourth-order valence-electron chi connectivity index (χ4n) is 2.50. The normalized spacial score (nSPS) is 11.1. The highest BCUT2D eigenvalue weighted by atomic mass is 32.2. The number of nitrogens with zero attached hydrogens (tertiary/aromatic N) is 2. The number of sulfonamides is 1. The van der Waals surface area contributed by atoms with Gasteiger partial charge in [0.25, 0.3) is 10.0 Å². The van der Waals surface area contributed by atoms with Crippen molar-refractivity contribution in [3.8, 4) is 11.8 Å². The molecule has 1 N–H and O–H groups in total. The molecule has 3 rings (SSSR count). The predicted molar refractivity (Wildman–Crippen MR) is 99.5 cm³/mol. The molecule has 0 aliphatic rings. The van der Waals surface area contributed by atoms with Gasteiger partial charge in [-0.25, -0.2) is 8.42 Å². The summed E-state index contributed by atoms with van der Waals surface area (Å²) in [6.45, 7) is 2.41. The number of ether oxygens (including phenoxy) is 1. The first kappa shape index (κ1) is 17.7. The summed E-state index contributed by atoms with van der Waals surface area (Å²) >= 11 is 0. The summed E-state index contributed by atoms with van der Waals surface area (Å²) in [5.41, 5.74) is 1.30. The van der Waals surface area contributed by atoms with Gasteiger partial charge in [-0.05, 0) is 48.9 Å². The summed E-state index contributed by atoms with van der Waals surface area (Å²) in [6, 6.07) is 15.0. The summed E-state index contributed by atoms with van der Waals surface area (Å²) in [7, 11) is -3.86. The van der Waals surface area contributed by atoms with E-state index in [2.05, 4.69) is 9.71 Å². The van der Waals surface area contributed by atoms with E-state index < -0.39 is 10.0 Å². The SMILES string of the molecule is CCCOc1ccc(S(=O)(=O)Nc2cccc3ncccc23)cc1C#N. The standard InChI is InChI=1S/C19H17N3O3S/c1-2-11-25-19-9-8-15(12-14(19)13-20)26(23,24)22-18-7-3-6-17-16(18)5-4-10-21-17/h3-10,12,22H,2,11H2,1H3. The summed E-state index contributed by atoms with van der Waals surface area (Å²) in [5.74, 6) is 0.377. The number of fused-ring (bicyclic) bond motifs is 1. The van der Waals surface area contributed by atoms with Gasteiger partial charge in [-0.3, -0.25) is 9.71 Å². The van der Waals surface area contributed by atoms with Crippen molar-refractivity contribution < 1.29 is 13.2 Å². The molecule has 0 saturated heterocycles. The lowest BCUT2D eigenvalue weighted by Gasteiger charge is -2.12. The maximum Gasteiger partial charge on any atom is 0.261 e. The van der Waals surface area contributed by atoms with Crippen molar-refractivity contribution in [3.05, 3.63) is 60.3 Å². The van der Waals surface area contributed by atoms with Gasteiger partial charge in [0.2, 0.25) is 0 Å². The van der Waals surface area contributed by atoms with Gasteiger partial charge >= 0.3 is 0 Å². The van der Waals surface area contributed by atoms with E-state index in [1.807, 2.05) is 13.0 Å². The molecule has 0 spiro atoms. The van der Waals surface area contributed by atoms with Gasteiger partial charge in [-0.2, -0.15) is 5.26 Å². The van der Waals surface area contributed by atoms with Crippen molar-refractivity contribution in [2.45, 2.75) is 18.2 Å². The second-order valence-electron chi connectivity index (χ2n) is 5.60. The molecule has 6 nitrogen and oxygen atoms in total. The number of anilines is 1. The molecule has 0 aliphatic heterocycles. The Morgan fingerprint density at radius 2 is 2.04 bits per heavy atom. The summed E-state index contributed by atoms with van der Waals surface area (Å²) < 4.78 is 33.6. The molecule has 132 valence electrons. The van der Waals surface area contributed by atoms with E-state index in [0.29, 0.717) is 28.9 Å². The van der Waals surface area contributed by atoms with Gasteiger partial charge in [-0.1, -0.05) is 13.0 Å². The van der Waals surface area contributed by atoms with Gasteiger partial charge < -0.3 is 4.74 Å². The van der Waals surface area contributed by atoms with Crippen LogP contribution in [0, 0.1) is 11.3 Å². The van der Waals surface area contributed by atoms with Gasteiger partial charge in [0.15, 0.2) is 0 Å². The first-order valence-electron chi connectivity index (χ1n) is 8.08. The molecule has 0 saturated carbocycles. The molecule has 2 aromatic carbocycles. The highest BCUT2D eigenvalue weighted by Gasteiger charge is 2.18. The number of hydrogen-bond acceptors (Lipinski definition) is 5. The van der Waals surface area contributed by atoms with Gasteiger partial charge in [-0.15, -0.1) is 0 Å². The molecule has 0 atom stereocenters. The molecule has 26 heavy (non-hydrogen) atoms. The van der Waals surface area contributed by atoms with Crippen molar-refractivity contribution in [2.24, 2.45) is 0 Å².